The maximum atomic E-state index is 12.3. The van der Waals surface area contributed by atoms with Crippen molar-refractivity contribution in [3.05, 3.63) is 59.9 Å². The van der Waals surface area contributed by atoms with Crippen LogP contribution < -0.4 is 10.1 Å². The number of hydrogen-bond donors (Lipinski definition) is 1. The maximum Gasteiger partial charge on any atom is 0.255 e. The van der Waals surface area contributed by atoms with Crippen molar-refractivity contribution >= 4 is 5.91 Å². The summed E-state index contributed by atoms with van der Waals surface area (Å²) in [5.74, 6) is 0.467. The van der Waals surface area contributed by atoms with E-state index >= 15 is 0 Å². The van der Waals surface area contributed by atoms with Crippen LogP contribution in [0.25, 0.3) is 0 Å². The molecule has 0 aliphatic carbocycles. The van der Waals surface area contributed by atoms with Crippen LogP contribution in [0.3, 0.4) is 0 Å². The summed E-state index contributed by atoms with van der Waals surface area (Å²) in [6.45, 7) is 1.81. The minimum absolute atomic E-state index is 0.141. The molecule has 1 aromatic carbocycles. The minimum atomic E-state index is -0.141. The van der Waals surface area contributed by atoms with E-state index in [-0.39, 0.29) is 5.91 Å². The standard InChI is InChI=1S/C17H21N3O2/c1-20(2)11-12-22-16-6-4-3-5-15(16)17(21)19-13-14-7-9-18-10-8-14/h3-10H,11-13H2,1-2H3,(H,19,21). The molecule has 0 aliphatic heterocycles. The van der Waals surface area contributed by atoms with E-state index in [1.165, 1.54) is 0 Å². The second kappa shape index (κ2) is 8.14. The molecule has 5 nitrogen and oxygen atoms in total. The van der Waals surface area contributed by atoms with Crippen molar-refractivity contribution in [2.75, 3.05) is 27.2 Å². The van der Waals surface area contributed by atoms with E-state index < -0.39 is 0 Å². The van der Waals surface area contributed by atoms with Crippen LogP contribution >= 0.6 is 0 Å². The first-order valence-electron chi connectivity index (χ1n) is 7.20. The molecule has 1 heterocycles. The number of pyridine rings is 1. The molecule has 22 heavy (non-hydrogen) atoms. The third-order valence-corrected chi connectivity index (χ3v) is 3.13. The number of carbonyl (C=O) groups excluding carboxylic acids is 1. The van der Waals surface area contributed by atoms with E-state index in [0.717, 1.165) is 12.1 Å². The zero-order valence-electron chi connectivity index (χ0n) is 13.0. The molecule has 0 radical (unpaired) electrons. The summed E-state index contributed by atoms with van der Waals surface area (Å²) in [7, 11) is 3.97. The van der Waals surface area contributed by atoms with Gasteiger partial charge in [-0.2, -0.15) is 0 Å². The highest BCUT2D eigenvalue weighted by Gasteiger charge is 2.11. The number of aromatic nitrogens is 1. The lowest BCUT2D eigenvalue weighted by atomic mass is 10.2. The fourth-order valence-electron chi connectivity index (χ4n) is 1.90. The number of para-hydroxylation sites is 1. The lowest BCUT2D eigenvalue weighted by Crippen LogP contribution is -2.24. The second-order valence-electron chi connectivity index (χ2n) is 5.19. The topological polar surface area (TPSA) is 54.5 Å². The van der Waals surface area contributed by atoms with Crippen LogP contribution in [0.5, 0.6) is 5.75 Å². The summed E-state index contributed by atoms with van der Waals surface area (Å²) in [6, 6.07) is 11.0. The maximum absolute atomic E-state index is 12.3. The normalized spacial score (nSPS) is 10.5. The molecule has 0 saturated heterocycles. The molecule has 0 unspecified atom stereocenters. The van der Waals surface area contributed by atoms with Crippen molar-refractivity contribution in [2.45, 2.75) is 6.54 Å². The summed E-state index contributed by atoms with van der Waals surface area (Å²) < 4.78 is 5.71. The molecular weight excluding hydrogens is 278 g/mol. The van der Waals surface area contributed by atoms with Crippen molar-refractivity contribution < 1.29 is 9.53 Å². The van der Waals surface area contributed by atoms with Gasteiger partial charge in [0.15, 0.2) is 0 Å². The van der Waals surface area contributed by atoms with Crippen molar-refractivity contribution in [3.63, 3.8) is 0 Å². The molecule has 0 fully saturated rings. The van der Waals surface area contributed by atoms with Gasteiger partial charge in [0.05, 0.1) is 5.56 Å². The van der Waals surface area contributed by atoms with Crippen LogP contribution in [0.4, 0.5) is 0 Å². The number of nitrogens with one attached hydrogen (secondary N) is 1. The van der Waals surface area contributed by atoms with Gasteiger partial charge in [-0.3, -0.25) is 9.78 Å². The number of hydrogen-bond acceptors (Lipinski definition) is 4. The number of carbonyl (C=O) groups is 1. The van der Waals surface area contributed by atoms with Gasteiger partial charge in [-0.1, -0.05) is 12.1 Å². The van der Waals surface area contributed by atoms with Crippen molar-refractivity contribution in [1.82, 2.24) is 15.2 Å². The summed E-state index contributed by atoms with van der Waals surface area (Å²) in [5.41, 5.74) is 1.56. The van der Waals surface area contributed by atoms with E-state index in [1.54, 1.807) is 18.5 Å². The first-order valence-corrected chi connectivity index (χ1v) is 7.20. The highest BCUT2D eigenvalue weighted by Crippen LogP contribution is 2.17. The molecule has 5 heteroatoms. The summed E-state index contributed by atoms with van der Waals surface area (Å²) >= 11 is 0. The van der Waals surface area contributed by atoms with Gasteiger partial charge >= 0.3 is 0 Å². The Balaban J connectivity index is 1.97. The zero-order chi connectivity index (χ0) is 15.8. The molecule has 0 atom stereocenters. The van der Waals surface area contributed by atoms with Crippen LogP contribution in [-0.4, -0.2) is 43.0 Å². The molecule has 1 amide bonds. The Morgan fingerprint density at radius 2 is 1.91 bits per heavy atom. The Hall–Kier alpha value is -2.40. The lowest BCUT2D eigenvalue weighted by molar-refractivity contribution is 0.0946. The first kappa shape index (κ1) is 16.0. The Morgan fingerprint density at radius 1 is 1.18 bits per heavy atom. The van der Waals surface area contributed by atoms with Gasteiger partial charge in [0.2, 0.25) is 0 Å². The highest BCUT2D eigenvalue weighted by molar-refractivity contribution is 5.96. The van der Waals surface area contributed by atoms with Gasteiger partial charge in [0, 0.05) is 25.5 Å². The van der Waals surface area contributed by atoms with Gasteiger partial charge in [-0.15, -0.1) is 0 Å². The van der Waals surface area contributed by atoms with Crippen LogP contribution in [-0.2, 0) is 6.54 Å². The Labute approximate surface area is 130 Å². The average Bonchev–Trinajstić information content (AvgIpc) is 2.54. The first-order chi connectivity index (χ1) is 10.7. The molecule has 2 rings (SSSR count). The minimum Gasteiger partial charge on any atom is -0.491 e. The SMILES string of the molecule is CN(C)CCOc1ccccc1C(=O)NCc1ccncc1. The quantitative estimate of drug-likeness (QED) is 0.849. The third-order valence-electron chi connectivity index (χ3n) is 3.13. The van der Waals surface area contributed by atoms with E-state index in [9.17, 15) is 4.79 Å². The van der Waals surface area contributed by atoms with E-state index in [2.05, 4.69) is 10.3 Å². The fraction of sp³-hybridized carbons (Fsp3) is 0.294. The highest BCUT2D eigenvalue weighted by atomic mass is 16.5. The number of benzene rings is 1. The number of rotatable bonds is 7. The predicted molar refractivity (Wildman–Crippen MR) is 85.9 cm³/mol. The molecular formula is C17H21N3O2. The van der Waals surface area contributed by atoms with Gasteiger partial charge in [-0.25, -0.2) is 0 Å². The van der Waals surface area contributed by atoms with Crippen molar-refractivity contribution in [3.8, 4) is 5.75 Å². The summed E-state index contributed by atoms with van der Waals surface area (Å²) in [4.78, 5) is 18.3. The van der Waals surface area contributed by atoms with E-state index in [0.29, 0.717) is 24.5 Å². The van der Waals surface area contributed by atoms with Gasteiger partial charge < -0.3 is 15.0 Å². The van der Waals surface area contributed by atoms with Crippen molar-refractivity contribution in [2.24, 2.45) is 0 Å². The molecule has 0 aliphatic rings. The molecule has 0 bridgehead atoms. The molecule has 0 saturated carbocycles. The van der Waals surface area contributed by atoms with E-state index in [4.69, 9.17) is 4.74 Å². The van der Waals surface area contributed by atoms with Crippen LogP contribution in [0.15, 0.2) is 48.8 Å². The number of nitrogens with zero attached hydrogens (tertiary/aromatic N) is 2. The fourth-order valence-corrected chi connectivity index (χ4v) is 1.90. The monoisotopic (exact) mass is 299 g/mol. The number of amides is 1. The lowest BCUT2D eigenvalue weighted by Gasteiger charge is -2.14. The second-order valence-corrected chi connectivity index (χ2v) is 5.19. The molecule has 116 valence electrons. The zero-order valence-corrected chi connectivity index (χ0v) is 13.0. The summed E-state index contributed by atoms with van der Waals surface area (Å²) in [5, 5.41) is 2.90. The van der Waals surface area contributed by atoms with Gasteiger partial charge in [0.1, 0.15) is 12.4 Å². The van der Waals surface area contributed by atoms with E-state index in [1.807, 2.05) is 49.3 Å². The average molecular weight is 299 g/mol. The Kier molecular flexibility index (Phi) is 5.91. The third kappa shape index (κ3) is 4.86. The predicted octanol–water partition coefficient (Wildman–Crippen LogP) is 1.95. The van der Waals surface area contributed by atoms with Crippen LogP contribution in [0.2, 0.25) is 0 Å². The largest absolute Gasteiger partial charge is 0.491 e. The summed E-state index contributed by atoms with van der Waals surface area (Å²) in [6.07, 6.45) is 3.42. The molecule has 2 aromatic rings. The molecule has 0 spiro atoms. The van der Waals surface area contributed by atoms with Crippen molar-refractivity contribution in [1.29, 1.82) is 0 Å². The molecule has 1 aromatic heterocycles. The van der Waals surface area contributed by atoms with Gasteiger partial charge in [-0.05, 0) is 43.9 Å². The van der Waals surface area contributed by atoms with Crippen LogP contribution in [0.1, 0.15) is 15.9 Å². The Morgan fingerprint density at radius 3 is 2.64 bits per heavy atom. The molecule has 1 N–H and O–H groups in total. The van der Waals surface area contributed by atoms with Crippen LogP contribution in [0, 0.1) is 0 Å². The smallest absolute Gasteiger partial charge is 0.255 e. The van der Waals surface area contributed by atoms with Gasteiger partial charge in [0.25, 0.3) is 5.91 Å². The Bertz CT molecular complexity index is 600. The number of likely N-dealkylation sites (N-methyl/N-ethyl adjacent to an activating group) is 1. The number of ether oxygens (including phenoxy) is 1.